The fraction of sp³-hybridized carbons (Fsp3) is 0.750. The first kappa shape index (κ1) is 14.8. The molecular formula is C8H15NO6S. The summed E-state index contributed by atoms with van der Waals surface area (Å²) in [5.74, 6) is -2.47. The third-order valence-corrected chi connectivity index (χ3v) is 3.04. The average Bonchev–Trinajstić information content (AvgIpc) is 2.14. The first-order chi connectivity index (χ1) is 7.28. The van der Waals surface area contributed by atoms with Crippen LogP contribution >= 0.6 is 0 Å². The van der Waals surface area contributed by atoms with Gasteiger partial charge in [-0.15, -0.1) is 0 Å². The van der Waals surface area contributed by atoms with Crippen molar-refractivity contribution in [3.05, 3.63) is 0 Å². The van der Waals surface area contributed by atoms with E-state index in [-0.39, 0.29) is 6.61 Å². The van der Waals surface area contributed by atoms with E-state index in [1.54, 1.807) is 6.92 Å². The van der Waals surface area contributed by atoms with Crippen LogP contribution in [0.2, 0.25) is 0 Å². The summed E-state index contributed by atoms with van der Waals surface area (Å²) in [4.78, 5) is 21.3. The number of aliphatic carboxylic acids is 1. The van der Waals surface area contributed by atoms with E-state index in [1.807, 2.05) is 4.72 Å². The molecule has 1 atom stereocenters. The van der Waals surface area contributed by atoms with Gasteiger partial charge >= 0.3 is 11.9 Å². The van der Waals surface area contributed by atoms with Gasteiger partial charge in [-0.3, -0.25) is 9.59 Å². The van der Waals surface area contributed by atoms with Gasteiger partial charge in [-0.1, -0.05) is 0 Å². The molecule has 0 heterocycles. The molecule has 0 saturated carbocycles. The first-order valence-corrected chi connectivity index (χ1v) is 6.32. The predicted octanol–water partition coefficient (Wildman–Crippen LogP) is -0.668. The lowest BCUT2D eigenvalue weighted by atomic mass is 10.4. The zero-order valence-corrected chi connectivity index (χ0v) is 9.91. The maximum absolute atomic E-state index is 11.3. The largest absolute Gasteiger partial charge is 0.481 e. The second-order valence-corrected chi connectivity index (χ2v) is 4.93. The molecule has 0 bridgehead atoms. The lowest BCUT2D eigenvalue weighted by Crippen LogP contribution is -2.40. The lowest BCUT2D eigenvalue weighted by Gasteiger charge is -2.12. The van der Waals surface area contributed by atoms with E-state index in [0.29, 0.717) is 0 Å². The lowest BCUT2D eigenvalue weighted by molar-refractivity contribution is -0.144. The molecule has 0 amide bonds. The molecule has 1 unspecified atom stereocenters. The third-order valence-electron chi connectivity index (χ3n) is 1.58. The van der Waals surface area contributed by atoms with Gasteiger partial charge in [0.15, 0.2) is 0 Å². The predicted molar refractivity (Wildman–Crippen MR) is 55.3 cm³/mol. The van der Waals surface area contributed by atoms with Gasteiger partial charge in [-0.05, 0) is 13.8 Å². The molecule has 0 aliphatic rings. The Labute approximate surface area is 93.8 Å². The van der Waals surface area contributed by atoms with E-state index >= 15 is 0 Å². The number of hydrogen-bond acceptors (Lipinski definition) is 5. The number of sulfonamides is 1. The molecule has 0 aliphatic carbocycles. The average molecular weight is 253 g/mol. The quantitative estimate of drug-likeness (QED) is 0.582. The van der Waals surface area contributed by atoms with Crippen LogP contribution < -0.4 is 4.72 Å². The molecule has 0 rings (SSSR count). The SMILES string of the molecule is CCOC(=O)C(C)NS(=O)(=O)CCC(=O)O. The van der Waals surface area contributed by atoms with Crippen molar-refractivity contribution >= 4 is 22.0 Å². The smallest absolute Gasteiger partial charge is 0.323 e. The molecule has 16 heavy (non-hydrogen) atoms. The summed E-state index contributed by atoms with van der Waals surface area (Å²) in [7, 11) is -3.77. The van der Waals surface area contributed by atoms with Gasteiger partial charge in [0.2, 0.25) is 10.0 Å². The number of hydrogen-bond donors (Lipinski definition) is 2. The summed E-state index contributed by atoms with van der Waals surface area (Å²) < 4.78 is 29.2. The Bertz CT molecular complexity index is 350. The van der Waals surface area contributed by atoms with Crippen LogP contribution in [0, 0.1) is 0 Å². The molecule has 0 aromatic heterocycles. The van der Waals surface area contributed by atoms with Gasteiger partial charge in [0.05, 0.1) is 18.8 Å². The Balaban J connectivity index is 4.25. The van der Waals surface area contributed by atoms with Crippen LogP contribution in [0.4, 0.5) is 0 Å². The van der Waals surface area contributed by atoms with Gasteiger partial charge in [0.25, 0.3) is 0 Å². The van der Waals surface area contributed by atoms with Gasteiger partial charge in [-0.2, -0.15) is 0 Å². The highest BCUT2D eigenvalue weighted by Gasteiger charge is 2.21. The van der Waals surface area contributed by atoms with Crippen molar-refractivity contribution in [3.63, 3.8) is 0 Å². The van der Waals surface area contributed by atoms with E-state index in [9.17, 15) is 18.0 Å². The van der Waals surface area contributed by atoms with Crippen molar-refractivity contribution in [1.82, 2.24) is 4.72 Å². The standard InChI is InChI=1S/C8H15NO6S/c1-3-15-8(12)6(2)9-16(13,14)5-4-7(10)11/h6,9H,3-5H2,1-2H3,(H,10,11). The second-order valence-electron chi connectivity index (χ2n) is 3.05. The number of carboxylic acids is 1. The summed E-state index contributed by atoms with van der Waals surface area (Å²) in [5, 5.41) is 8.32. The Kier molecular flexibility index (Phi) is 5.97. The van der Waals surface area contributed by atoms with Crippen molar-refractivity contribution in [2.24, 2.45) is 0 Å². The third kappa shape index (κ3) is 6.36. The number of nitrogens with one attached hydrogen (secondary N) is 1. The first-order valence-electron chi connectivity index (χ1n) is 4.67. The van der Waals surface area contributed by atoms with Crippen LogP contribution in [-0.4, -0.2) is 43.9 Å². The minimum atomic E-state index is -3.77. The van der Waals surface area contributed by atoms with Crippen LogP contribution in [-0.2, 0) is 24.3 Å². The summed E-state index contributed by atoms with van der Waals surface area (Å²) in [6, 6.07) is -1.02. The molecule has 0 aromatic rings. The summed E-state index contributed by atoms with van der Waals surface area (Å²) in [6.45, 7) is 3.08. The fourth-order valence-electron chi connectivity index (χ4n) is 0.865. The van der Waals surface area contributed by atoms with Gasteiger partial charge in [0, 0.05) is 0 Å². The maximum Gasteiger partial charge on any atom is 0.323 e. The molecular weight excluding hydrogens is 238 g/mol. The highest BCUT2D eigenvalue weighted by Crippen LogP contribution is 1.95. The molecule has 0 radical (unpaired) electrons. The topological polar surface area (TPSA) is 110 Å². The zero-order valence-electron chi connectivity index (χ0n) is 9.10. The number of rotatable bonds is 7. The fourth-order valence-corrected chi connectivity index (χ4v) is 2.06. The molecule has 0 aromatic carbocycles. The normalized spacial score (nSPS) is 13.1. The van der Waals surface area contributed by atoms with Crippen molar-refractivity contribution in [3.8, 4) is 0 Å². The highest BCUT2D eigenvalue weighted by molar-refractivity contribution is 7.89. The number of carboxylic acid groups (broad SMARTS) is 1. The van der Waals surface area contributed by atoms with Crippen molar-refractivity contribution < 1.29 is 27.9 Å². The molecule has 0 fully saturated rings. The summed E-state index contributed by atoms with van der Waals surface area (Å²) in [6.07, 6.45) is -0.509. The molecule has 0 spiro atoms. The number of esters is 1. The Hall–Kier alpha value is -1.15. The molecule has 7 nitrogen and oxygen atoms in total. The van der Waals surface area contributed by atoms with E-state index in [0.717, 1.165) is 0 Å². The van der Waals surface area contributed by atoms with Crippen molar-refractivity contribution in [2.75, 3.05) is 12.4 Å². The Morgan fingerprint density at radius 1 is 1.44 bits per heavy atom. The molecule has 94 valence electrons. The Morgan fingerprint density at radius 2 is 2.00 bits per heavy atom. The van der Waals surface area contributed by atoms with Crippen LogP contribution in [0.5, 0.6) is 0 Å². The minimum Gasteiger partial charge on any atom is -0.481 e. The van der Waals surface area contributed by atoms with Crippen LogP contribution in [0.15, 0.2) is 0 Å². The van der Waals surface area contributed by atoms with E-state index in [1.165, 1.54) is 6.92 Å². The van der Waals surface area contributed by atoms with Crippen molar-refractivity contribution in [2.45, 2.75) is 26.3 Å². The zero-order chi connectivity index (χ0) is 12.8. The molecule has 0 saturated heterocycles. The van der Waals surface area contributed by atoms with Crippen LogP contribution in [0.3, 0.4) is 0 Å². The van der Waals surface area contributed by atoms with E-state index < -0.39 is 40.2 Å². The van der Waals surface area contributed by atoms with E-state index in [4.69, 9.17) is 5.11 Å². The monoisotopic (exact) mass is 253 g/mol. The number of ether oxygens (including phenoxy) is 1. The van der Waals surface area contributed by atoms with Gasteiger partial charge in [0.1, 0.15) is 6.04 Å². The number of carbonyl (C=O) groups is 2. The second kappa shape index (κ2) is 6.44. The summed E-state index contributed by atoms with van der Waals surface area (Å²) >= 11 is 0. The van der Waals surface area contributed by atoms with E-state index in [2.05, 4.69) is 4.74 Å². The molecule has 8 heteroatoms. The minimum absolute atomic E-state index is 0.153. The van der Waals surface area contributed by atoms with Gasteiger partial charge in [-0.25, -0.2) is 13.1 Å². The molecule has 2 N–H and O–H groups in total. The highest BCUT2D eigenvalue weighted by atomic mass is 32.2. The Morgan fingerprint density at radius 3 is 2.44 bits per heavy atom. The van der Waals surface area contributed by atoms with Gasteiger partial charge < -0.3 is 9.84 Å². The summed E-state index contributed by atoms with van der Waals surface area (Å²) in [5.41, 5.74) is 0. The van der Waals surface area contributed by atoms with Crippen molar-refractivity contribution in [1.29, 1.82) is 0 Å². The van der Waals surface area contributed by atoms with Crippen LogP contribution in [0.25, 0.3) is 0 Å². The number of carbonyl (C=O) groups excluding carboxylic acids is 1. The maximum atomic E-state index is 11.3. The molecule has 0 aliphatic heterocycles. The van der Waals surface area contributed by atoms with Crippen LogP contribution in [0.1, 0.15) is 20.3 Å².